The predicted octanol–water partition coefficient (Wildman–Crippen LogP) is 2.24. The van der Waals surface area contributed by atoms with Crippen LogP contribution in [-0.4, -0.2) is 36.9 Å². The molecule has 3 rings (SSSR count). The van der Waals surface area contributed by atoms with Gasteiger partial charge in [0.05, 0.1) is 6.54 Å². The minimum absolute atomic E-state index is 0.0194. The average Bonchev–Trinajstić information content (AvgIpc) is 3.08. The van der Waals surface area contributed by atoms with E-state index in [4.69, 9.17) is 0 Å². The number of nitrogens with one attached hydrogen (secondary N) is 2. The maximum atomic E-state index is 12.2. The summed E-state index contributed by atoms with van der Waals surface area (Å²) in [6.45, 7) is 2.87. The molecule has 1 aliphatic heterocycles. The maximum Gasteiger partial charge on any atom is 0.251 e. The Morgan fingerprint density at radius 3 is 2.50 bits per heavy atom. The predicted molar refractivity (Wildman–Crippen MR) is 99.9 cm³/mol. The number of hydrogen-bond donors (Lipinski definition) is 2. The molecule has 26 heavy (non-hydrogen) atoms. The van der Waals surface area contributed by atoms with E-state index in [0.29, 0.717) is 17.9 Å². The van der Waals surface area contributed by atoms with Crippen molar-refractivity contribution in [1.82, 2.24) is 10.6 Å². The van der Waals surface area contributed by atoms with Crippen molar-refractivity contribution >= 4 is 23.4 Å². The van der Waals surface area contributed by atoms with Gasteiger partial charge in [-0.1, -0.05) is 19.8 Å². The highest BCUT2D eigenvalue weighted by Gasteiger charge is 2.23. The van der Waals surface area contributed by atoms with Gasteiger partial charge in [0.25, 0.3) is 5.91 Å². The molecule has 1 heterocycles. The van der Waals surface area contributed by atoms with E-state index in [2.05, 4.69) is 17.6 Å². The first-order valence-electron chi connectivity index (χ1n) is 9.52. The number of benzene rings is 1. The number of carbonyl (C=O) groups is 3. The van der Waals surface area contributed by atoms with Crippen LogP contribution in [0.1, 0.15) is 55.8 Å². The zero-order chi connectivity index (χ0) is 18.5. The van der Waals surface area contributed by atoms with Gasteiger partial charge in [0.2, 0.25) is 11.8 Å². The highest BCUT2D eigenvalue weighted by atomic mass is 16.2. The quantitative estimate of drug-likeness (QED) is 0.848. The van der Waals surface area contributed by atoms with E-state index in [1.165, 1.54) is 6.42 Å². The fourth-order valence-corrected chi connectivity index (χ4v) is 3.77. The molecular formula is C20H27N3O3. The summed E-state index contributed by atoms with van der Waals surface area (Å²) in [7, 11) is 0. The van der Waals surface area contributed by atoms with E-state index in [1.807, 2.05) is 0 Å². The molecule has 140 valence electrons. The Hall–Kier alpha value is -2.37. The van der Waals surface area contributed by atoms with E-state index >= 15 is 0 Å². The van der Waals surface area contributed by atoms with Crippen molar-refractivity contribution in [3.8, 4) is 0 Å². The zero-order valence-corrected chi connectivity index (χ0v) is 15.3. The van der Waals surface area contributed by atoms with Crippen LogP contribution in [0, 0.1) is 5.92 Å². The summed E-state index contributed by atoms with van der Waals surface area (Å²) in [5.74, 6) is 0.188. The Bertz CT molecular complexity index is 671. The van der Waals surface area contributed by atoms with Crippen molar-refractivity contribution in [2.24, 2.45) is 5.92 Å². The Kier molecular flexibility index (Phi) is 5.91. The van der Waals surface area contributed by atoms with Crippen LogP contribution in [0.15, 0.2) is 24.3 Å². The minimum Gasteiger partial charge on any atom is -0.352 e. The van der Waals surface area contributed by atoms with E-state index < -0.39 is 0 Å². The van der Waals surface area contributed by atoms with Crippen LogP contribution in [0.25, 0.3) is 0 Å². The van der Waals surface area contributed by atoms with E-state index in [1.54, 1.807) is 29.2 Å². The normalized spacial score (nSPS) is 23.0. The molecule has 2 fully saturated rings. The third kappa shape index (κ3) is 4.42. The fourth-order valence-electron chi connectivity index (χ4n) is 3.77. The Labute approximate surface area is 154 Å². The van der Waals surface area contributed by atoms with E-state index in [0.717, 1.165) is 37.9 Å². The number of hydrogen-bond acceptors (Lipinski definition) is 3. The lowest BCUT2D eigenvalue weighted by atomic mass is 9.86. The summed E-state index contributed by atoms with van der Waals surface area (Å²) in [5.41, 5.74) is 1.30. The van der Waals surface area contributed by atoms with Crippen LogP contribution < -0.4 is 15.5 Å². The number of nitrogens with zero attached hydrogens (tertiary/aromatic N) is 1. The first-order valence-corrected chi connectivity index (χ1v) is 9.52. The number of amides is 3. The molecule has 6 heteroatoms. The van der Waals surface area contributed by atoms with Crippen molar-refractivity contribution < 1.29 is 14.4 Å². The van der Waals surface area contributed by atoms with Crippen LogP contribution in [0.2, 0.25) is 0 Å². The summed E-state index contributed by atoms with van der Waals surface area (Å²) in [6, 6.07) is 7.16. The molecule has 0 spiro atoms. The molecule has 2 atom stereocenters. The van der Waals surface area contributed by atoms with E-state index in [9.17, 15) is 14.4 Å². The lowest BCUT2D eigenvalue weighted by Crippen LogP contribution is -2.45. The second-order valence-corrected chi connectivity index (χ2v) is 7.31. The van der Waals surface area contributed by atoms with Gasteiger partial charge in [-0.05, 0) is 49.4 Å². The second-order valence-electron chi connectivity index (χ2n) is 7.31. The second kappa shape index (κ2) is 8.34. The van der Waals surface area contributed by atoms with Crippen LogP contribution >= 0.6 is 0 Å². The van der Waals surface area contributed by atoms with Crippen molar-refractivity contribution in [3.05, 3.63) is 29.8 Å². The van der Waals surface area contributed by atoms with Crippen molar-refractivity contribution in [1.29, 1.82) is 0 Å². The summed E-state index contributed by atoms with van der Waals surface area (Å²) in [5, 5.41) is 5.70. The van der Waals surface area contributed by atoms with E-state index in [-0.39, 0.29) is 30.3 Å². The monoisotopic (exact) mass is 357 g/mol. The average molecular weight is 357 g/mol. The Morgan fingerprint density at radius 1 is 1.12 bits per heavy atom. The molecule has 2 aliphatic rings. The van der Waals surface area contributed by atoms with Crippen molar-refractivity contribution in [3.63, 3.8) is 0 Å². The molecule has 1 aromatic carbocycles. The Balaban J connectivity index is 1.48. The van der Waals surface area contributed by atoms with Crippen molar-refractivity contribution in [2.75, 3.05) is 18.0 Å². The van der Waals surface area contributed by atoms with Crippen LogP contribution in [0.3, 0.4) is 0 Å². The van der Waals surface area contributed by atoms with Crippen LogP contribution in [0.4, 0.5) is 5.69 Å². The molecule has 0 radical (unpaired) electrons. The van der Waals surface area contributed by atoms with Gasteiger partial charge >= 0.3 is 0 Å². The third-order valence-electron chi connectivity index (χ3n) is 5.38. The molecule has 2 N–H and O–H groups in total. The molecule has 2 unspecified atom stereocenters. The molecule has 3 amide bonds. The number of anilines is 1. The third-order valence-corrected chi connectivity index (χ3v) is 5.38. The molecule has 0 bridgehead atoms. The number of carbonyl (C=O) groups excluding carboxylic acids is 3. The Morgan fingerprint density at radius 2 is 1.85 bits per heavy atom. The zero-order valence-electron chi connectivity index (χ0n) is 15.3. The van der Waals surface area contributed by atoms with Gasteiger partial charge in [-0.2, -0.15) is 0 Å². The van der Waals surface area contributed by atoms with Crippen LogP contribution in [-0.2, 0) is 9.59 Å². The SMILES string of the molecule is CC1CCCCC1NC(=O)CNC(=O)c1ccc(N2CCCC2=O)cc1. The van der Waals surface area contributed by atoms with Gasteiger partial charge in [-0.3, -0.25) is 14.4 Å². The maximum absolute atomic E-state index is 12.2. The summed E-state index contributed by atoms with van der Waals surface area (Å²) >= 11 is 0. The largest absolute Gasteiger partial charge is 0.352 e. The molecule has 1 saturated heterocycles. The van der Waals surface area contributed by atoms with Gasteiger partial charge in [-0.25, -0.2) is 0 Å². The topological polar surface area (TPSA) is 78.5 Å². The van der Waals surface area contributed by atoms with Gasteiger partial charge in [0.15, 0.2) is 0 Å². The molecule has 1 saturated carbocycles. The first-order chi connectivity index (χ1) is 12.5. The molecular weight excluding hydrogens is 330 g/mol. The highest BCUT2D eigenvalue weighted by Crippen LogP contribution is 2.23. The molecule has 6 nitrogen and oxygen atoms in total. The lowest BCUT2D eigenvalue weighted by molar-refractivity contribution is -0.121. The van der Waals surface area contributed by atoms with Crippen molar-refractivity contribution in [2.45, 2.75) is 51.5 Å². The standard InChI is InChI=1S/C20H27N3O3/c1-14-5-2-3-6-17(14)22-18(24)13-21-20(26)15-8-10-16(11-9-15)23-12-4-7-19(23)25/h8-11,14,17H,2-7,12-13H2,1H3,(H,21,26)(H,22,24). The lowest BCUT2D eigenvalue weighted by Gasteiger charge is -2.29. The minimum atomic E-state index is -0.281. The molecule has 1 aliphatic carbocycles. The summed E-state index contributed by atoms with van der Waals surface area (Å²) in [6.07, 6.45) is 5.98. The number of rotatable bonds is 5. The van der Waals surface area contributed by atoms with Gasteiger partial charge in [0.1, 0.15) is 0 Å². The van der Waals surface area contributed by atoms with Crippen LogP contribution in [0.5, 0.6) is 0 Å². The molecule has 1 aromatic rings. The van der Waals surface area contributed by atoms with Gasteiger partial charge in [-0.15, -0.1) is 0 Å². The molecule has 0 aromatic heterocycles. The fraction of sp³-hybridized carbons (Fsp3) is 0.550. The summed E-state index contributed by atoms with van der Waals surface area (Å²) < 4.78 is 0. The summed E-state index contributed by atoms with van der Waals surface area (Å²) in [4.78, 5) is 37.8. The first kappa shape index (κ1) is 18.4. The highest BCUT2D eigenvalue weighted by molar-refractivity contribution is 5.98. The smallest absolute Gasteiger partial charge is 0.251 e. The van der Waals surface area contributed by atoms with Gasteiger partial charge in [0, 0.05) is 30.3 Å². The van der Waals surface area contributed by atoms with Gasteiger partial charge < -0.3 is 15.5 Å².